The molecule has 3 aromatic rings. The quantitative estimate of drug-likeness (QED) is 0.491. The van der Waals surface area contributed by atoms with Crippen molar-refractivity contribution < 1.29 is 18.0 Å². The maximum absolute atomic E-state index is 13.9. The number of piperidine rings is 1. The molecule has 1 N–H and O–H groups in total. The van der Waals surface area contributed by atoms with Crippen LogP contribution in [0.3, 0.4) is 0 Å². The molecule has 35 heavy (non-hydrogen) atoms. The van der Waals surface area contributed by atoms with E-state index >= 15 is 0 Å². The highest BCUT2D eigenvalue weighted by Gasteiger charge is 2.34. The minimum Gasteiger partial charge on any atom is -0.368 e. The van der Waals surface area contributed by atoms with Crippen LogP contribution in [0.15, 0.2) is 48.9 Å². The lowest BCUT2D eigenvalue weighted by atomic mass is 9.89. The van der Waals surface area contributed by atoms with E-state index in [1.807, 2.05) is 47.8 Å². The molecule has 4 rings (SSSR count). The van der Waals surface area contributed by atoms with Crippen LogP contribution in [0.1, 0.15) is 48.2 Å². The average Bonchev–Trinajstić information content (AvgIpc) is 3.31. The standard InChI is InChI=1S/C26H30F3N5O/c1-4-33-16-19(13-32-33)21-9-7-17(2)12-22(21)25(35)34-11-5-6-18(3)23(34)15-31-24-10-8-20(14-30-24)26(27,28)29/h7-10,12-14,16,18,23H,4-6,11,15H2,1-3H3,(H,30,31)/t18-,23?/m1/s1. The molecule has 2 aromatic heterocycles. The molecule has 0 saturated carbocycles. The first kappa shape index (κ1) is 24.8. The Morgan fingerprint density at radius 2 is 2.00 bits per heavy atom. The summed E-state index contributed by atoms with van der Waals surface area (Å²) >= 11 is 0. The second-order valence-corrected chi connectivity index (χ2v) is 9.13. The molecule has 0 radical (unpaired) electrons. The number of nitrogens with zero attached hydrogens (tertiary/aromatic N) is 4. The lowest BCUT2D eigenvalue weighted by Gasteiger charge is -2.40. The third-order valence-electron chi connectivity index (χ3n) is 6.63. The van der Waals surface area contributed by atoms with Crippen molar-refractivity contribution >= 4 is 11.7 Å². The highest BCUT2D eigenvalue weighted by Crippen LogP contribution is 2.31. The second-order valence-electron chi connectivity index (χ2n) is 9.13. The van der Waals surface area contributed by atoms with E-state index in [4.69, 9.17) is 0 Å². The van der Waals surface area contributed by atoms with Crippen LogP contribution in [-0.2, 0) is 12.7 Å². The lowest BCUT2D eigenvalue weighted by molar-refractivity contribution is -0.137. The van der Waals surface area contributed by atoms with Crippen molar-refractivity contribution in [3.63, 3.8) is 0 Å². The van der Waals surface area contributed by atoms with Gasteiger partial charge in [-0.15, -0.1) is 0 Å². The molecule has 6 nitrogen and oxygen atoms in total. The summed E-state index contributed by atoms with van der Waals surface area (Å²) < 4.78 is 40.4. The van der Waals surface area contributed by atoms with Gasteiger partial charge in [0.05, 0.1) is 17.8 Å². The first-order valence-electron chi connectivity index (χ1n) is 11.9. The van der Waals surface area contributed by atoms with Gasteiger partial charge in [0, 0.05) is 43.2 Å². The maximum Gasteiger partial charge on any atom is 0.417 e. The summed E-state index contributed by atoms with van der Waals surface area (Å²) in [5.74, 6) is 0.531. The smallest absolute Gasteiger partial charge is 0.368 e. The van der Waals surface area contributed by atoms with Crippen LogP contribution in [0.5, 0.6) is 0 Å². The summed E-state index contributed by atoms with van der Waals surface area (Å²) in [6.07, 6.45) is 1.99. The molecular weight excluding hydrogens is 455 g/mol. The van der Waals surface area contributed by atoms with Gasteiger partial charge >= 0.3 is 6.18 Å². The first-order valence-corrected chi connectivity index (χ1v) is 11.9. The Balaban J connectivity index is 1.57. The molecular formula is C26H30F3N5O. The minimum atomic E-state index is -4.42. The number of nitrogens with one attached hydrogen (secondary N) is 1. The normalized spacial score (nSPS) is 18.5. The second kappa shape index (κ2) is 10.1. The van der Waals surface area contributed by atoms with Gasteiger partial charge in [-0.05, 0) is 56.4 Å². The average molecular weight is 486 g/mol. The summed E-state index contributed by atoms with van der Waals surface area (Å²) in [5.41, 5.74) is 2.57. The van der Waals surface area contributed by atoms with Crippen molar-refractivity contribution in [2.75, 3.05) is 18.4 Å². The van der Waals surface area contributed by atoms with Gasteiger partial charge in [0.25, 0.3) is 5.91 Å². The SMILES string of the molecule is CCn1cc(-c2ccc(C)cc2C(=O)N2CCC[C@@H](C)C2CNc2ccc(C(F)(F)F)cn2)cn1. The number of aromatic nitrogens is 3. The van der Waals surface area contributed by atoms with Crippen LogP contribution in [0.4, 0.5) is 19.0 Å². The Morgan fingerprint density at radius 3 is 2.66 bits per heavy atom. The van der Waals surface area contributed by atoms with E-state index in [-0.39, 0.29) is 17.9 Å². The van der Waals surface area contributed by atoms with Crippen LogP contribution < -0.4 is 5.32 Å². The van der Waals surface area contributed by atoms with E-state index in [0.29, 0.717) is 24.5 Å². The van der Waals surface area contributed by atoms with Gasteiger partial charge in [-0.25, -0.2) is 4.98 Å². The summed E-state index contributed by atoms with van der Waals surface area (Å²) in [5, 5.41) is 7.50. The van der Waals surface area contributed by atoms with Gasteiger partial charge in [-0.3, -0.25) is 9.48 Å². The molecule has 1 aliphatic heterocycles. The minimum absolute atomic E-state index is 0.0494. The van der Waals surface area contributed by atoms with Crippen molar-refractivity contribution in [2.45, 2.75) is 52.4 Å². The molecule has 1 fully saturated rings. The zero-order chi connectivity index (χ0) is 25.2. The van der Waals surface area contributed by atoms with E-state index in [2.05, 4.69) is 22.3 Å². The van der Waals surface area contributed by atoms with E-state index in [9.17, 15) is 18.0 Å². The predicted octanol–water partition coefficient (Wildman–Crippen LogP) is 5.65. The zero-order valence-corrected chi connectivity index (χ0v) is 20.1. The molecule has 3 heterocycles. The Bertz CT molecular complexity index is 1170. The number of benzene rings is 1. The Hall–Kier alpha value is -3.36. The van der Waals surface area contributed by atoms with Gasteiger partial charge in [-0.2, -0.15) is 18.3 Å². The third kappa shape index (κ3) is 5.49. The number of aryl methyl sites for hydroxylation is 2. The lowest BCUT2D eigenvalue weighted by Crippen LogP contribution is -2.51. The number of carbonyl (C=O) groups excluding carboxylic acids is 1. The number of pyridine rings is 1. The fraction of sp³-hybridized carbons (Fsp3) is 0.423. The fourth-order valence-electron chi connectivity index (χ4n) is 4.60. The summed E-state index contributed by atoms with van der Waals surface area (Å²) in [6.45, 7) is 7.84. The van der Waals surface area contributed by atoms with Crippen LogP contribution in [-0.4, -0.2) is 44.7 Å². The van der Waals surface area contributed by atoms with Crippen LogP contribution in [0, 0.1) is 12.8 Å². The fourth-order valence-corrected chi connectivity index (χ4v) is 4.60. The monoisotopic (exact) mass is 485 g/mol. The van der Waals surface area contributed by atoms with Gasteiger partial charge in [-0.1, -0.05) is 24.6 Å². The third-order valence-corrected chi connectivity index (χ3v) is 6.63. The molecule has 1 aromatic carbocycles. The number of amides is 1. The van der Waals surface area contributed by atoms with Gasteiger partial charge in [0.15, 0.2) is 0 Å². The molecule has 186 valence electrons. The molecule has 1 aliphatic rings. The maximum atomic E-state index is 13.9. The number of hydrogen-bond donors (Lipinski definition) is 1. The number of hydrogen-bond acceptors (Lipinski definition) is 4. The highest BCUT2D eigenvalue weighted by atomic mass is 19.4. The predicted molar refractivity (Wildman–Crippen MR) is 129 cm³/mol. The Morgan fingerprint density at radius 1 is 1.20 bits per heavy atom. The van der Waals surface area contributed by atoms with E-state index < -0.39 is 11.7 Å². The van der Waals surface area contributed by atoms with Crippen LogP contribution >= 0.6 is 0 Å². The molecule has 0 bridgehead atoms. The number of anilines is 1. The van der Waals surface area contributed by atoms with Crippen molar-refractivity contribution in [3.05, 3.63) is 65.6 Å². The largest absolute Gasteiger partial charge is 0.417 e. The summed E-state index contributed by atoms with van der Waals surface area (Å²) in [4.78, 5) is 19.7. The Labute approximate surface area is 203 Å². The van der Waals surface area contributed by atoms with Gasteiger partial charge in [0.2, 0.25) is 0 Å². The first-order chi connectivity index (χ1) is 16.7. The molecule has 9 heteroatoms. The van der Waals surface area contributed by atoms with Crippen molar-refractivity contribution in [1.29, 1.82) is 0 Å². The number of halogens is 3. The molecule has 2 atom stereocenters. The topological polar surface area (TPSA) is 63.1 Å². The number of carbonyl (C=O) groups is 1. The van der Waals surface area contributed by atoms with E-state index in [0.717, 1.165) is 48.3 Å². The zero-order valence-electron chi connectivity index (χ0n) is 20.1. The number of alkyl halides is 3. The van der Waals surface area contributed by atoms with Gasteiger partial charge in [0.1, 0.15) is 5.82 Å². The molecule has 1 saturated heterocycles. The molecule has 0 spiro atoms. The summed E-state index contributed by atoms with van der Waals surface area (Å²) in [6, 6.07) is 8.09. The molecule has 1 amide bonds. The van der Waals surface area contributed by atoms with E-state index in [1.54, 1.807) is 6.20 Å². The number of rotatable bonds is 6. The summed E-state index contributed by atoms with van der Waals surface area (Å²) in [7, 11) is 0. The van der Waals surface area contributed by atoms with E-state index in [1.165, 1.54) is 6.07 Å². The van der Waals surface area contributed by atoms with Crippen molar-refractivity contribution in [3.8, 4) is 11.1 Å². The number of likely N-dealkylation sites (tertiary alicyclic amines) is 1. The Kier molecular flexibility index (Phi) is 7.14. The molecule has 0 aliphatic carbocycles. The van der Waals surface area contributed by atoms with Crippen molar-refractivity contribution in [2.24, 2.45) is 5.92 Å². The van der Waals surface area contributed by atoms with Gasteiger partial charge < -0.3 is 10.2 Å². The molecule has 1 unspecified atom stereocenters. The van der Waals surface area contributed by atoms with Crippen molar-refractivity contribution in [1.82, 2.24) is 19.7 Å². The van der Waals surface area contributed by atoms with Crippen LogP contribution in [0.25, 0.3) is 11.1 Å². The van der Waals surface area contributed by atoms with Crippen LogP contribution in [0.2, 0.25) is 0 Å². The highest BCUT2D eigenvalue weighted by molar-refractivity contribution is 6.01.